The van der Waals surface area contributed by atoms with Gasteiger partial charge in [-0.25, -0.2) is 0 Å². The van der Waals surface area contributed by atoms with Crippen LogP contribution in [0.4, 0.5) is 0 Å². The van der Waals surface area contributed by atoms with Gasteiger partial charge in [0.2, 0.25) is 5.91 Å². The van der Waals surface area contributed by atoms with E-state index in [4.69, 9.17) is 5.11 Å². The van der Waals surface area contributed by atoms with Gasteiger partial charge in [-0.2, -0.15) is 0 Å². The molecule has 1 amide bonds. The molecular weight excluding hydrogens is 228 g/mol. The third-order valence-electron chi connectivity index (χ3n) is 3.45. The minimum absolute atomic E-state index is 0.107. The standard InChI is InChI=1S/C14H26N2O2/c1-3-15(10-11-17)12-14(18)16(4-2)13-8-6-5-7-9-13/h8,17H,3-7,9-12H2,1-2H3. The molecule has 0 radical (unpaired) electrons. The highest BCUT2D eigenvalue weighted by atomic mass is 16.3. The fourth-order valence-electron chi connectivity index (χ4n) is 2.37. The van der Waals surface area contributed by atoms with Crippen molar-refractivity contribution in [3.8, 4) is 0 Å². The van der Waals surface area contributed by atoms with Gasteiger partial charge in [-0.3, -0.25) is 9.69 Å². The van der Waals surface area contributed by atoms with E-state index in [1.54, 1.807) is 0 Å². The van der Waals surface area contributed by atoms with E-state index < -0.39 is 0 Å². The molecule has 1 aliphatic rings. The van der Waals surface area contributed by atoms with Gasteiger partial charge in [-0.05, 0) is 39.2 Å². The number of nitrogens with zero attached hydrogens (tertiary/aromatic N) is 2. The highest BCUT2D eigenvalue weighted by molar-refractivity contribution is 5.80. The van der Waals surface area contributed by atoms with Crippen molar-refractivity contribution in [2.75, 3.05) is 32.8 Å². The smallest absolute Gasteiger partial charge is 0.240 e. The molecule has 4 nitrogen and oxygen atoms in total. The van der Waals surface area contributed by atoms with Crippen LogP contribution in [0.5, 0.6) is 0 Å². The van der Waals surface area contributed by atoms with Crippen LogP contribution >= 0.6 is 0 Å². The number of likely N-dealkylation sites (N-methyl/N-ethyl adjacent to an activating group) is 2. The lowest BCUT2D eigenvalue weighted by molar-refractivity contribution is -0.130. The molecular formula is C14H26N2O2. The van der Waals surface area contributed by atoms with Gasteiger partial charge in [0.1, 0.15) is 0 Å². The van der Waals surface area contributed by atoms with Gasteiger partial charge in [-0.15, -0.1) is 0 Å². The molecule has 0 aliphatic heterocycles. The van der Waals surface area contributed by atoms with E-state index in [2.05, 4.69) is 6.08 Å². The van der Waals surface area contributed by atoms with Gasteiger partial charge in [0.15, 0.2) is 0 Å². The van der Waals surface area contributed by atoms with Gasteiger partial charge in [0.05, 0.1) is 13.2 Å². The van der Waals surface area contributed by atoms with Gasteiger partial charge < -0.3 is 10.0 Å². The molecule has 0 saturated heterocycles. The van der Waals surface area contributed by atoms with E-state index in [0.29, 0.717) is 13.1 Å². The normalized spacial score (nSPS) is 15.7. The molecule has 0 aromatic rings. The maximum atomic E-state index is 12.3. The Kier molecular flexibility index (Phi) is 6.98. The quantitative estimate of drug-likeness (QED) is 0.750. The number of allylic oxidation sites excluding steroid dienone is 2. The molecule has 0 saturated carbocycles. The van der Waals surface area contributed by atoms with E-state index >= 15 is 0 Å². The molecule has 1 rings (SSSR count). The predicted molar refractivity (Wildman–Crippen MR) is 73.1 cm³/mol. The predicted octanol–water partition coefficient (Wildman–Crippen LogP) is 1.61. The van der Waals surface area contributed by atoms with Crippen LogP contribution in [0, 0.1) is 0 Å². The second-order valence-corrected chi connectivity index (χ2v) is 4.67. The summed E-state index contributed by atoms with van der Waals surface area (Å²) in [5.41, 5.74) is 1.19. The van der Waals surface area contributed by atoms with Gasteiger partial charge >= 0.3 is 0 Å². The molecule has 0 fully saturated rings. The SMILES string of the molecule is CCN(CCO)CC(=O)N(CC)C1=CCCCC1. The molecule has 0 unspecified atom stereocenters. The number of amides is 1. The summed E-state index contributed by atoms with van der Waals surface area (Å²) >= 11 is 0. The zero-order valence-electron chi connectivity index (χ0n) is 11.7. The third-order valence-corrected chi connectivity index (χ3v) is 3.45. The molecule has 1 N–H and O–H groups in total. The molecule has 18 heavy (non-hydrogen) atoms. The number of aliphatic hydroxyl groups is 1. The van der Waals surface area contributed by atoms with Crippen LogP contribution in [0.2, 0.25) is 0 Å². The topological polar surface area (TPSA) is 43.8 Å². The van der Waals surface area contributed by atoms with Gasteiger partial charge in [0.25, 0.3) is 0 Å². The van der Waals surface area contributed by atoms with Crippen LogP contribution in [0.1, 0.15) is 39.5 Å². The molecule has 0 bridgehead atoms. The molecule has 0 spiro atoms. The van der Waals surface area contributed by atoms with E-state index in [0.717, 1.165) is 25.9 Å². The Bertz CT molecular complexity index is 290. The first-order valence-corrected chi connectivity index (χ1v) is 7.05. The Morgan fingerprint density at radius 3 is 2.61 bits per heavy atom. The molecule has 104 valence electrons. The van der Waals surface area contributed by atoms with Crippen molar-refractivity contribution in [3.05, 3.63) is 11.8 Å². The number of rotatable bonds is 7. The number of hydrogen-bond donors (Lipinski definition) is 1. The first-order valence-electron chi connectivity index (χ1n) is 7.05. The van der Waals surface area contributed by atoms with E-state index in [1.165, 1.54) is 18.5 Å². The van der Waals surface area contributed by atoms with Crippen molar-refractivity contribution in [1.29, 1.82) is 0 Å². The fourth-order valence-corrected chi connectivity index (χ4v) is 2.37. The molecule has 0 atom stereocenters. The molecule has 4 heteroatoms. The summed E-state index contributed by atoms with van der Waals surface area (Å²) in [6.07, 6.45) is 6.73. The van der Waals surface area contributed by atoms with Crippen LogP contribution in [0.15, 0.2) is 11.8 Å². The van der Waals surface area contributed by atoms with E-state index in [1.807, 2.05) is 23.6 Å². The highest BCUT2D eigenvalue weighted by Crippen LogP contribution is 2.20. The maximum absolute atomic E-state index is 12.3. The number of aliphatic hydroxyl groups excluding tert-OH is 1. The maximum Gasteiger partial charge on any atom is 0.240 e. The molecule has 0 aromatic heterocycles. The summed E-state index contributed by atoms with van der Waals surface area (Å²) < 4.78 is 0. The Morgan fingerprint density at radius 1 is 1.33 bits per heavy atom. The Balaban J connectivity index is 2.58. The monoisotopic (exact) mass is 254 g/mol. The summed E-state index contributed by atoms with van der Waals surface area (Å²) in [6, 6.07) is 0. The molecule has 1 aliphatic carbocycles. The number of carbonyl (C=O) groups is 1. The highest BCUT2D eigenvalue weighted by Gasteiger charge is 2.19. The average molecular weight is 254 g/mol. The van der Waals surface area contributed by atoms with Crippen LogP contribution in [0.25, 0.3) is 0 Å². The van der Waals surface area contributed by atoms with Crippen LogP contribution in [-0.4, -0.2) is 53.6 Å². The largest absolute Gasteiger partial charge is 0.395 e. The van der Waals surface area contributed by atoms with Crippen molar-refractivity contribution in [2.24, 2.45) is 0 Å². The molecule has 0 aromatic carbocycles. The lowest BCUT2D eigenvalue weighted by Gasteiger charge is -2.29. The van der Waals surface area contributed by atoms with Gasteiger partial charge in [-0.1, -0.05) is 13.0 Å². The van der Waals surface area contributed by atoms with Gasteiger partial charge in [0, 0.05) is 18.8 Å². The first-order chi connectivity index (χ1) is 8.72. The average Bonchev–Trinajstić information content (AvgIpc) is 2.40. The van der Waals surface area contributed by atoms with Crippen molar-refractivity contribution in [3.63, 3.8) is 0 Å². The zero-order valence-corrected chi connectivity index (χ0v) is 11.7. The van der Waals surface area contributed by atoms with Crippen molar-refractivity contribution >= 4 is 5.91 Å². The lowest BCUT2D eigenvalue weighted by Crippen LogP contribution is -2.41. The number of hydrogen-bond acceptors (Lipinski definition) is 3. The molecule has 0 heterocycles. The van der Waals surface area contributed by atoms with Crippen molar-refractivity contribution < 1.29 is 9.90 Å². The van der Waals surface area contributed by atoms with E-state index in [9.17, 15) is 4.79 Å². The fraction of sp³-hybridized carbons (Fsp3) is 0.786. The van der Waals surface area contributed by atoms with Crippen LogP contribution < -0.4 is 0 Å². The minimum atomic E-state index is 0.107. The summed E-state index contributed by atoms with van der Waals surface area (Å²) in [5.74, 6) is 0.154. The van der Waals surface area contributed by atoms with Crippen LogP contribution in [-0.2, 0) is 4.79 Å². The first kappa shape index (κ1) is 15.2. The number of carbonyl (C=O) groups excluding carboxylic acids is 1. The minimum Gasteiger partial charge on any atom is -0.395 e. The lowest BCUT2D eigenvalue weighted by atomic mass is 10.0. The summed E-state index contributed by atoms with van der Waals surface area (Å²) in [4.78, 5) is 16.2. The van der Waals surface area contributed by atoms with Crippen molar-refractivity contribution in [1.82, 2.24) is 9.80 Å². The second-order valence-electron chi connectivity index (χ2n) is 4.67. The van der Waals surface area contributed by atoms with Crippen molar-refractivity contribution in [2.45, 2.75) is 39.5 Å². The Morgan fingerprint density at radius 2 is 2.11 bits per heavy atom. The van der Waals surface area contributed by atoms with Crippen LogP contribution in [0.3, 0.4) is 0 Å². The summed E-state index contributed by atoms with van der Waals surface area (Å²) in [6.45, 7) is 6.65. The second kappa shape index (κ2) is 8.27. The zero-order chi connectivity index (χ0) is 13.4. The third kappa shape index (κ3) is 4.42. The van der Waals surface area contributed by atoms with E-state index in [-0.39, 0.29) is 12.5 Å². The summed E-state index contributed by atoms with van der Waals surface area (Å²) in [5, 5.41) is 8.95. The Hall–Kier alpha value is -0.870. The Labute approximate surface area is 110 Å². The summed E-state index contributed by atoms with van der Waals surface area (Å²) in [7, 11) is 0.